The molecule has 2 N–H and O–H groups in total. The lowest BCUT2D eigenvalue weighted by atomic mass is 10.0. The van der Waals surface area contributed by atoms with Crippen molar-refractivity contribution >= 4 is 0 Å². The van der Waals surface area contributed by atoms with Gasteiger partial charge in [0, 0.05) is 6.04 Å². The molecule has 0 aliphatic rings. The Kier molecular flexibility index (Phi) is 4.52. The fourth-order valence-electron chi connectivity index (χ4n) is 0.875. The summed E-state index contributed by atoms with van der Waals surface area (Å²) in [6.07, 6.45) is 2.82. The van der Waals surface area contributed by atoms with Gasteiger partial charge in [-0.1, -0.05) is 18.2 Å². The van der Waals surface area contributed by atoms with Crippen molar-refractivity contribution in [3.05, 3.63) is 35.7 Å². The van der Waals surface area contributed by atoms with Crippen molar-refractivity contribution in [1.29, 1.82) is 0 Å². The molecular weight excluding hydrogens is 153 g/mol. The summed E-state index contributed by atoms with van der Waals surface area (Å²) >= 11 is 0. The van der Waals surface area contributed by atoms with Gasteiger partial charge in [-0.25, -0.2) is 4.39 Å². The Labute approximate surface area is 73.5 Å². The monoisotopic (exact) mass is 169 g/mol. The zero-order valence-corrected chi connectivity index (χ0v) is 7.89. The van der Waals surface area contributed by atoms with Gasteiger partial charge < -0.3 is 5.73 Å². The van der Waals surface area contributed by atoms with Crippen LogP contribution in [0.4, 0.5) is 4.39 Å². The van der Waals surface area contributed by atoms with Gasteiger partial charge in [0.25, 0.3) is 0 Å². The highest BCUT2D eigenvalue weighted by Crippen LogP contribution is 2.14. The van der Waals surface area contributed by atoms with Crippen LogP contribution < -0.4 is 5.73 Å². The van der Waals surface area contributed by atoms with Crippen LogP contribution >= 0.6 is 0 Å². The van der Waals surface area contributed by atoms with E-state index in [-0.39, 0.29) is 11.9 Å². The van der Waals surface area contributed by atoms with Gasteiger partial charge in [0.2, 0.25) is 0 Å². The minimum Gasteiger partial charge on any atom is -0.324 e. The quantitative estimate of drug-likeness (QED) is 0.646. The van der Waals surface area contributed by atoms with E-state index in [0.717, 1.165) is 11.1 Å². The maximum absolute atomic E-state index is 12.8. The van der Waals surface area contributed by atoms with Crippen molar-refractivity contribution in [1.82, 2.24) is 0 Å². The highest BCUT2D eigenvalue weighted by molar-refractivity contribution is 5.35. The molecular formula is C10H16FN. The van der Waals surface area contributed by atoms with E-state index in [1.165, 1.54) is 12.2 Å². The van der Waals surface area contributed by atoms with Crippen molar-refractivity contribution < 1.29 is 4.39 Å². The summed E-state index contributed by atoms with van der Waals surface area (Å²) in [7, 11) is 0. The molecule has 2 heteroatoms. The predicted octanol–water partition coefficient (Wildman–Crippen LogP) is 2.71. The molecule has 0 saturated heterocycles. The maximum Gasteiger partial charge on any atom is 0.119 e. The molecule has 0 aromatic carbocycles. The number of halogens is 1. The van der Waals surface area contributed by atoms with Crippen molar-refractivity contribution in [2.75, 3.05) is 0 Å². The van der Waals surface area contributed by atoms with Crippen molar-refractivity contribution in [2.45, 2.75) is 26.8 Å². The van der Waals surface area contributed by atoms with Gasteiger partial charge in [-0.3, -0.25) is 0 Å². The molecule has 0 aromatic rings. The Morgan fingerprint density at radius 2 is 2.08 bits per heavy atom. The third kappa shape index (κ3) is 3.49. The van der Waals surface area contributed by atoms with E-state index in [1.807, 2.05) is 13.8 Å². The molecule has 1 unspecified atom stereocenters. The van der Waals surface area contributed by atoms with Crippen molar-refractivity contribution in [3.63, 3.8) is 0 Å². The third-order valence-electron chi connectivity index (χ3n) is 1.55. The van der Waals surface area contributed by atoms with Crippen LogP contribution in [0.15, 0.2) is 35.7 Å². The summed E-state index contributed by atoms with van der Waals surface area (Å²) in [4.78, 5) is 0. The Morgan fingerprint density at radius 3 is 2.33 bits per heavy atom. The van der Waals surface area contributed by atoms with Crippen molar-refractivity contribution in [2.24, 2.45) is 5.73 Å². The van der Waals surface area contributed by atoms with Gasteiger partial charge in [0.05, 0.1) is 0 Å². The van der Waals surface area contributed by atoms with Gasteiger partial charge in [-0.15, -0.1) is 0 Å². The summed E-state index contributed by atoms with van der Waals surface area (Å²) in [5.41, 5.74) is 7.18. The lowest BCUT2D eigenvalue weighted by Crippen LogP contribution is -2.18. The van der Waals surface area contributed by atoms with E-state index in [0.29, 0.717) is 0 Å². The smallest absolute Gasteiger partial charge is 0.119 e. The summed E-state index contributed by atoms with van der Waals surface area (Å²) in [5, 5.41) is 0. The first-order valence-corrected chi connectivity index (χ1v) is 3.94. The molecule has 0 aliphatic carbocycles. The van der Waals surface area contributed by atoms with Crippen LogP contribution in [-0.2, 0) is 0 Å². The maximum atomic E-state index is 12.8. The van der Waals surface area contributed by atoms with Crippen LogP contribution in [0, 0.1) is 0 Å². The van der Waals surface area contributed by atoms with E-state index in [9.17, 15) is 4.39 Å². The second-order valence-corrected chi connectivity index (χ2v) is 2.84. The number of hydrogen-bond acceptors (Lipinski definition) is 1. The van der Waals surface area contributed by atoms with Crippen LogP contribution in [0.5, 0.6) is 0 Å². The summed E-state index contributed by atoms with van der Waals surface area (Å²) in [5.74, 6) is -0.273. The molecule has 0 amide bonds. The van der Waals surface area contributed by atoms with Crippen LogP contribution in [0.3, 0.4) is 0 Å². The Bertz CT molecular complexity index is 224. The molecule has 0 aromatic heterocycles. The first-order valence-electron chi connectivity index (χ1n) is 3.94. The van der Waals surface area contributed by atoms with E-state index in [2.05, 4.69) is 6.58 Å². The van der Waals surface area contributed by atoms with Crippen LogP contribution in [-0.4, -0.2) is 6.04 Å². The lowest BCUT2D eigenvalue weighted by molar-refractivity contribution is 0.660. The lowest BCUT2D eigenvalue weighted by Gasteiger charge is -2.10. The van der Waals surface area contributed by atoms with Crippen LogP contribution in [0.25, 0.3) is 0 Å². The first-order chi connectivity index (χ1) is 5.49. The summed E-state index contributed by atoms with van der Waals surface area (Å²) < 4.78 is 12.8. The number of rotatable bonds is 3. The number of nitrogens with two attached hydrogens (primary N) is 1. The Balaban J connectivity index is 4.74. The average Bonchev–Trinajstić information content (AvgIpc) is 1.98. The van der Waals surface area contributed by atoms with Crippen LogP contribution in [0.2, 0.25) is 0 Å². The summed E-state index contributed by atoms with van der Waals surface area (Å²) in [6, 6.07) is -0.173. The second kappa shape index (κ2) is 4.88. The van der Waals surface area contributed by atoms with E-state index >= 15 is 0 Å². The van der Waals surface area contributed by atoms with Gasteiger partial charge >= 0.3 is 0 Å². The second-order valence-electron chi connectivity index (χ2n) is 2.84. The van der Waals surface area contributed by atoms with E-state index < -0.39 is 0 Å². The molecule has 0 aliphatic heterocycles. The summed E-state index contributed by atoms with van der Waals surface area (Å²) in [6.45, 7) is 8.99. The molecule has 0 rings (SSSR count). The zero-order chi connectivity index (χ0) is 9.72. The molecule has 0 radical (unpaired) electrons. The first kappa shape index (κ1) is 11.1. The third-order valence-corrected chi connectivity index (χ3v) is 1.55. The molecule has 68 valence electrons. The fourth-order valence-corrected chi connectivity index (χ4v) is 0.875. The predicted molar refractivity (Wildman–Crippen MR) is 51.4 cm³/mol. The largest absolute Gasteiger partial charge is 0.324 e. The number of hydrogen-bond donors (Lipinski definition) is 1. The minimum absolute atomic E-state index is 0.173. The number of allylic oxidation sites excluding steroid dienone is 3. The Hall–Kier alpha value is -0.890. The SMILES string of the molecule is C=C(C)/C(=C\C(F)=C/C)C(C)N. The minimum atomic E-state index is -0.273. The fraction of sp³-hybridized carbons (Fsp3) is 0.400. The van der Waals surface area contributed by atoms with Gasteiger partial charge in [0.1, 0.15) is 5.83 Å². The van der Waals surface area contributed by atoms with Crippen LogP contribution in [0.1, 0.15) is 20.8 Å². The molecule has 1 atom stereocenters. The standard InChI is InChI=1S/C10H16FN/c1-5-9(11)6-10(7(2)3)8(4)12/h5-6,8H,2,12H2,1,3-4H3/b9-5+,10-6+. The van der Waals surface area contributed by atoms with Crippen molar-refractivity contribution in [3.8, 4) is 0 Å². The van der Waals surface area contributed by atoms with E-state index in [4.69, 9.17) is 5.73 Å². The normalized spacial score (nSPS) is 16.1. The van der Waals surface area contributed by atoms with Gasteiger partial charge in [0.15, 0.2) is 0 Å². The molecule has 0 saturated carbocycles. The molecule has 0 heterocycles. The molecule has 0 spiro atoms. The molecule has 0 fully saturated rings. The average molecular weight is 169 g/mol. The van der Waals surface area contributed by atoms with Gasteiger partial charge in [-0.2, -0.15) is 0 Å². The topological polar surface area (TPSA) is 26.0 Å². The highest BCUT2D eigenvalue weighted by atomic mass is 19.1. The molecule has 12 heavy (non-hydrogen) atoms. The zero-order valence-electron chi connectivity index (χ0n) is 7.89. The van der Waals surface area contributed by atoms with E-state index in [1.54, 1.807) is 6.92 Å². The molecule has 1 nitrogen and oxygen atoms in total. The highest BCUT2D eigenvalue weighted by Gasteiger charge is 2.04. The molecule has 0 bridgehead atoms. The Morgan fingerprint density at radius 1 is 1.58 bits per heavy atom. The van der Waals surface area contributed by atoms with Gasteiger partial charge in [-0.05, 0) is 32.4 Å².